The third kappa shape index (κ3) is 6.98. The number of hydrogen-bond donors (Lipinski definition) is 3. The molecule has 0 aliphatic carbocycles. The summed E-state index contributed by atoms with van der Waals surface area (Å²) in [6.45, 7) is 4.49. The molecule has 0 saturated carbocycles. The second kappa shape index (κ2) is 10.7. The number of guanidine groups is 1. The minimum absolute atomic E-state index is 0. The maximum Gasteiger partial charge on any atom is 0.243 e. The van der Waals surface area contributed by atoms with Crippen molar-refractivity contribution in [3.8, 4) is 0 Å². The molecule has 0 radical (unpaired) electrons. The zero-order valence-corrected chi connectivity index (χ0v) is 17.2. The van der Waals surface area contributed by atoms with Crippen LogP contribution in [0, 0.1) is 5.82 Å². The molecule has 26 heavy (non-hydrogen) atoms. The fraction of sp³-hybridized carbons (Fsp3) is 0.353. The zero-order chi connectivity index (χ0) is 18.2. The second-order valence-electron chi connectivity index (χ2n) is 5.71. The fourth-order valence-electron chi connectivity index (χ4n) is 1.98. The summed E-state index contributed by atoms with van der Waals surface area (Å²) in [5, 5.41) is 12.6. The molecule has 9 heteroatoms. The van der Waals surface area contributed by atoms with Crippen LogP contribution in [-0.4, -0.2) is 30.6 Å². The van der Waals surface area contributed by atoms with Crippen molar-refractivity contribution >= 4 is 41.5 Å². The van der Waals surface area contributed by atoms with E-state index < -0.39 is 0 Å². The standard InChI is InChI=1S/C17H22FN5O2.HI/c1-11(2)15-8-14(25-23-15)9-20-17(19-3)21-10-16(24)22-13-6-4-12(18)5-7-13;/h4-8,11H,9-10H2,1-3H3,(H,22,24)(H2,19,20,21);1H. The average Bonchev–Trinajstić information content (AvgIpc) is 3.06. The van der Waals surface area contributed by atoms with E-state index in [2.05, 4.69) is 26.1 Å². The van der Waals surface area contributed by atoms with Gasteiger partial charge in [-0.1, -0.05) is 19.0 Å². The van der Waals surface area contributed by atoms with Crippen molar-refractivity contribution in [2.45, 2.75) is 26.3 Å². The first-order chi connectivity index (χ1) is 12.0. The summed E-state index contributed by atoms with van der Waals surface area (Å²) in [6, 6.07) is 7.44. The highest BCUT2D eigenvalue weighted by atomic mass is 127. The topological polar surface area (TPSA) is 91.5 Å². The Morgan fingerprint density at radius 1 is 1.27 bits per heavy atom. The molecule has 1 heterocycles. The summed E-state index contributed by atoms with van der Waals surface area (Å²) in [4.78, 5) is 15.9. The van der Waals surface area contributed by atoms with Crippen LogP contribution in [0.4, 0.5) is 10.1 Å². The highest BCUT2D eigenvalue weighted by Crippen LogP contribution is 2.13. The zero-order valence-electron chi connectivity index (χ0n) is 14.9. The number of benzene rings is 1. The van der Waals surface area contributed by atoms with Crippen molar-refractivity contribution in [1.29, 1.82) is 0 Å². The van der Waals surface area contributed by atoms with Crippen LogP contribution >= 0.6 is 24.0 Å². The van der Waals surface area contributed by atoms with Crippen LogP contribution in [0.15, 0.2) is 39.8 Å². The van der Waals surface area contributed by atoms with Gasteiger partial charge in [0.1, 0.15) is 5.82 Å². The van der Waals surface area contributed by atoms with Crippen LogP contribution in [0.25, 0.3) is 0 Å². The molecule has 0 unspecified atom stereocenters. The van der Waals surface area contributed by atoms with E-state index in [1.165, 1.54) is 24.3 Å². The number of amides is 1. The van der Waals surface area contributed by atoms with Crippen molar-refractivity contribution in [2.75, 3.05) is 18.9 Å². The lowest BCUT2D eigenvalue weighted by atomic mass is 10.1. The minimum atomic E-state index is -0.353. The van der Waals surface area contributed by atoms with Gasteiger partial charge in [-0.25, -0.2) is 4.39 Å². The molecule has 1 aromatic carbocycles. The number of rotatable bonds is 6. The highest BCUT2D eigenvalue weighted by Gasteiger charge is 2.09. The van der Waals surface area contributed by atoms with Crippen LogP contribution < -0.4 is 16.0 Å². The quantitative estimate of drug-likeness (QED) is 0.340. The predicted octanol–water partition coefficient (Wildman–Crippen LogP) is 2.86. The number of nitrogens with one attached hydrogen (secondary N) is 3. The Bertz CT molecular complexity index is 731. The summed E-state index contributed by atoms with van der Waals surface area (Å²) in [7, 11) is 1.60. The molecule has 0 aliphatic heterocycles. The van der Waals surface area contributed by atoms with Gasteiger partial charge in [0, 0.05) is 18.8 Å². The van der Waals surface area contributed by atoms with Gasteiger partial charge >= 0.3 is 0 Å². The predicted molar refractivity (Wildman–Crippen MR) is 109 cm³/mol. The summed E-state index contributed by atoms with van der Waals surface area (Å²) in [5.41, 5.74) is 1.41. The Morgan fingerprint density at radius 3 is 2.54 bits per heavy atom. The number of halogens is 2. The van der Waals surface area contributed by atoms with Gasteiger partial charge in [0.25, 0.3) is 0 Å². The van der Waals surface area contributed by atoms with E-state index in [0.29, 0.717) is 29.9 Å². The van der Waals surface area contributed by atoms with E-state index in [9.17, 15) is 9.18 Å². The summed E-state index contributed by atoms with van der Waals surface area (Å²) in [5.74, 6) is 0.814. The third-order valence-electron chi connectivity index (χ3n) is 3.37. The molecule has 0 aliphatic rings. The van der Waals surface area contributed by atoms with Crippen molar-refractivity contribution in [3.05, 3.63) is 47.6 Å². The molecule has 0 fully saturated rings. The SMILES string of the molecule is CN=C(NCC(=O)Nc1ccc(F)cc1)NCc1cc(C(C)C)no1.I. The Hall–Kier alpha value is -2.17. The van der Waals surface area contributed by atoms with Crippen LogP contribution in [0.5, 0.6) is 0 Å². The number of aliphatic imine (C=N–C) groups is 1. The van der Waals surface area contributed by atoms with Gasteiger partial charge in [0.15, 0.2) is 11.7 Å². The lowest BCUT2D eigenvalue weighted by molar-refractivity contribution is -0.115. The molecule has 142 valence electrons. The molecule has 7 nitrogen and oxygen atoms in total. The monoisotopic (exact) mass is 475 g/mol. The molecular weight excluding hydrogens is 452 g/mol. The minimum Gasteiger partial charge on any atom is -0.359 e. The molecule has 2 rings (SSSR count). The number of carbonyl (C=O) groups is 1. The highest BCUT2D eigenvalue weighted by molar-refractivity contribution is 14.0. The summed E-state index contributed by atoms with van der Waals surface area (Å²) >= 11 is 0. The molecular formula is C17H23FIN5O2. The van der Waals surface area contributed by atoms with E-state index in [1.807, 2.05) is 19.9 Å². The van der Waals surface area contributed by atoms with Gasteiger partial charge in [-0.3, -0.25) is 9.79 Å². The Balaban J connectivity index is 0.00000338. The largest absolute Gasteiger partial charge is 0.359 e. The van der Waals surface area contributed by atoms with Crippen LogP contribution in [0.2, 0.25) is 0 Å². The van der Waals surface area contributed by atoms with E-state index in [-0.39, 0.29) is 42.2 Å². The van der Waals surface area contributed by atoms with Gasteiger partial charge < -0.3 is 20.5 Å². The lowest BCUT2D eigenvalue weighted by Crippen LogP contribution is -2.41. The molecule has 1 amide bonds. The molecule has 3 N–H and O–H groups in total. The fourth-order valence-corrected chi connectivity index (χ4v) is 1.98. The number of nitrogens with zero attached hydrogens (tertiary/aromatic N) is 2. The van der Waals surface area contributed by atoms with Gasteiger partial charge in [0.2, 0.25) is 5.91 Å². The third-order valence-corrected chi connectivity index (χ3v) is 3.37. The van der Waals surface area contributed by atoms with Crippen LogP contribution in [-0.2, 0) is 11.3 Å². The first-order valence-electron chi connectivity index (χ1n) is 7.93. The maximum absolute atomic E-state index is 12.8. The number of carbonyl (C=O) groups excluding carboxylic acids is 1. The Labute approximate surface area is 168 Å². The molecule has 1 aromatic heterocycles. The number of aromatic nitrogens is 1. The summed E-state index contributed by atoms with van der Waals surface area (Å²) < 4.78 is 18.1. The van der Waals surface area contributed by atoms with Gasteiger partial charge in [-0.15, -0.1) is 24.0 Å². The lowest BCUT2D eigenvalue weighted by Gasteiger charge is -2.11. The number of anilines is 1. The smallest absolute Gasteiger partial charge is 0.243 e. The van der Waals surface area contributed by atoms with E-state index in [1.54, 1.807) is 7.05 Å². The average molecular weight is 475 g/mol. The normalized spacial score (nSPS) is 11.0. The first kappa shape index (κ1) is 21.9. The van der Waals surface area contributed by atoms with Gasteiger partial charge in [-0.2, -0.15) is 0 Å². The van der Waals surface area contributed by atoms with Crippen LogP contribution in [0.3, 0.4) is 0 Å². The molecule has 0 atom stereocenters. The Morgan fingerprint density at radius 2 is 1.96 bits per heavy atom. The van der Waals surface area contributed by atoms with E-state index in [4.69, 9.17) is 4.52 Å². The Kier molecular flexibility index (Phi) is 9.03. The number of hydrogen-bond acceptors (Lipinski definition) is 4. The first-order valence-corrected chi connectivity index (χ1v) is 7.93. The second-order valence-corrected chi connectivity index (χ2v) is 5.71. The van der Waals surface area contributed by atoms with Crippen molar-refractivity contribution in [2.24, 2.45) is 4.99 Å². The van der Waals surface area contributed by atoms with Gasteiger partial charge in [-0.05, 0) is 30.2 Å². The van der Waals surface area contributed by atoms with Crippen molar-refractivity contribution in [1.82, 2.24) is 15.8 Å². The summed E-state index contributed by atoms with van der Waals surface area (Å²) in [6.07, 6.45) is 0. The van der Waals surface area contributed by atoms with Crippen molar-refractivity contribution < 1.29 is 13.7 Å². The van der Waals surface area contributed by atoms with E-state index in [0.717, 1.165) is 5.69 Å². The van der Waals surface area contributed by atoms with Gasteiger partial charge in [0.05, 0.1) is 18.8 Å². The maximum atomic E-state index is 12.8. The molecule has 0 bridgehead atoms. The van der Waals surface area contributed by atoms with E-state index >= 15 is 0 Å². The molecule has 0 spiro atoms. The van der Waals surface area contributed by atoms with Crippen molar-refractivity contribution in [3.63, 3.8) is 0 Å². The van der Waals surface area contributed by atoms with Crippen LogP contribution in [0.1, 0.15) is 31.2 Å². The molecule has 2 aromatic rings. The molecule has 0 saturated heterocycles.